The molecule has 0 heterocycles. The zero-order valence-corrected chi connectivity index (χ0v) is 18.1. The van der Waals surface area contributed by atoms with E-state index in [1.165, 1.54) is 28.6 Å². The Balaban J connectivity index is 2.07. The van der Waals surface area contributed by atoms with Crippen molar-refractivity contribution in [1.29, 1.82) is 0 Å². The lowest BCUT2D eigenvalue weighted by Gasteiger charge is -2.19. The van der Waals surface area contributed by atoms with Gasteiger partial charge in [-0.3, -0.25) is 0 Å². The predicted octanol–water partition coefficient (Wildman–Crippen LogP) is 3.02. The SMILES string of the molecule is CCN(CC)S(=O)(=O)c1ccc(S(=O)(=O)N[C@H](C)CCc2ccccc2)cc1. The molecule has 0 bridgehead atoms. The summed E-state index contributed by atoms with van der Waals surface area (Å²) in [5.41, 5.74) is 1.15. The van der Waals surface area contributed by atoms with Gasteiger partial charge >= 0.3 is 0 Å². The molecule has 154 valence electrons. The molecule has 0 amide bonds. The first kappa shape index (κ1) is 22.5. The van der Waals surface area contributed by atoms with Gasteiger partial charge in [0.05, 0.1) is 9.79 Å². The van der Waals surface area contributed by atoms with E-state index in [1.54, 1.807) is 13.8 Å². The summed E-state index contributed by atoms with van der Waals surface area (Å²) in [4.78, 5) is 0.143. The first-order valence-corrected chi connectivity index (χ1v) is 12.3. The van der Waals surface area contributed by atoms with Gasteiger partial charge in [0.2, 0.25) is 20.0 Å². The molecule has 0 saturated carbocycles. The largest absolute Gasteiger partial charge is 0.243 e. The molecule has 0 aliphatic heterocycles. The van der Waals surface area contributed by atoms with Gasteiger partial charge in [0.25, 0.3) is 0 Å². The standard InChI is InChI=1S/C20H28N2O4S2/c1-4-22(5-2)28(25,26)20-15-13-19(14-16-20)27(23,24)21-17(3)11-12-18-9-7-6-8-10-18/h6-10,13-17,21H,4-5,11-12H2,1-3H3/t17-/m1/s1. The summed E-state index contributed by atoms with van der Waals surface area (Å²) in [5, 5.41) is 0. The molecule has 0 spiro atoms. The van der Waals surface area contributed by atoms with Gasteiger partial charge in [-0.2, -0.15) is 4.31 Å². The van der Waals surface area contributed by atoms with Crippen molar-refractivity contribution in [1.82, 2.24) is 9.03 Å². The molecule has 0 unspecified atom stereocenters. The molecule has 0 aliphatic carbocycles. The van der Waals surface area contributed by atoms with Gasteiger partial charge < -0.3 is 0 Å². The van der Waals surface area contributed by atoms with Gasteiger partial charge in [0, 0.05) is 19.1 Å². The summed E-state index contributed by atoms with van der Waals surface area (Å²) in [6, 6.07) is 15.0. The molecule has 0 aliphatic rings. The lowest BCUT2D eigenvalue weighted by molar-refractivity contribution is 0.445. The van der Waals surface area contributed by atoms with Crippen LogP contribution in [-0.4, -0.2) is 40.3 Å². The Hall–Kier alpha value is -1.74. The number of hydrogen-bond donors (Lipinski definition) is 1. The first-order chi connectivity index (χ1) is 13.2. The third kappa shape index (κ3) is 5.64. The quantitative estimate of drug-likeness (QED) is 0.635. The molecule has 1 N–H and O–H groups in total. The van der Waals surface area contributed by atoms with Gasteiger partial charge in [0.15, 0.2) is 0 Å². The molecular weight excluding hydrogens is 396 g/mol. The fourth-order valence-corrected chi connectivity index (χ4v) is 5.66. The Kier molecular flexibility index (Phi) is 7.77. The minimum absolute atomic E-state index is 0.0533. The smallest absolute Gasteiger partial charge is 0.208 e. The Labute approximate surface area is 168 Å². The van der Waals surface area contributed by atoms with E-state index >= 15 is 0 Å². The zero-order valence-electron chi connectivity index (χ0n) is 16.5. The van der Waals surface area contributed by atoms with E-state index in [4.69, 9.17) is 0 Å². The van der Waals surface area contributed by atoms with Crippen molar-refractivity contribution >= 4 is 20.0 Å². The monoisotopic (exact) mass is 424 g/mol. The molecular formula is C20H28N2O4S2. The Morgan fingerprint density at radius 2 is 1.39 bits per heavy atom. The summed E-state index contributed by atoms with van der Waals surface area (Å²) in [6.45, 7) is 6.07. The summed E-state index contributed by atoms with van der Waals surface area (Å²) < 4.78 is 54.2. The van der Waals surface area contributed by atoms with Crippen LogP contribution in [0.25, 0.3) is 0 Å². The predicted molar refractivity (Wildman–Crippen MR) is 111 cm³/mol. The molecule has 8 heteroatoms. The van der Waals surface area contributed by atoms with E-state index in [1.807, 2.05) is 37.3 Å². The minimum Gasteiger partial charge on any atom is -0.208 e. The van der Waals surface area contributed by atoms with Crippen molar-refractivity contribution in [2.75, 3.05) is 13.1 Å². The minimum atomic E-state index is -3.72. The number of rotatable bonds is 10. The van der Waals surface area contributed by atoms with Gasteiger partial charge in [-0.1, -0.05) is 44.2 Å². The fraction of sp³-hybridized carbons (Fsp3) is 0.400. The van der Waals surface area contributed by atoms with Crippen LogP contribution in [-0.2, 0) is 26.5 Å². The van der Waals surface area contributed by atoms with E-state index in [9.17, 15) is 16.8 Å². The second kappa shape index (κ2) is 9.65. The molecule has 2 rings (SSSR count). The van der Waals surface area contributed by atoms with Crippen LogP contribution < -0.4 is 4.72 Å². The van der Waals surface area contributed by atoms with E-state index in [2.05, 4.69) is 4.72 Å². The van der Waals surface area contributed by atoms with E-state index < -0.39 is 20.0 Å². The van der Waals surface area contributed by atoms with Crippen LogP contribution >= 0.6 is 0 Å². The van der Waals surface area contributed by atoms with Gasteiger partial charge in [-0.05, 0) is 49.6 Å². The molecule has 2 aromatic carbocycles. The highest BCUT2D eigenvalue weighted by Crippen LogP contribution is 2.19. The summed E-state index contributed by atoms with van der Waals surface area (Å²) >= 11 is 0. The van der Waals surface area contributed by atoms with Crippen LogP contribution in [0.15, 0.2) is 64.4 Å². The van der Waals surface area contributed by atoms with E-state index in [-0.39, 0.29) is 15.8 Å². The second-order valence-electron chi connectivity index (χ2n) is 6.61. The third-order valence-electron chi connectivity index (χ3n) is 4.54. The number of benzene rings is 2. The molecule has 1 atom stereocenters. The highest BCUT2D eigenvalue weighted by atomic mass is 32.2. The maximum absolute atomic E-state index is 12.6. The number of aryl methyl sites for hydroxylation is 1. The summed E-state index contributed by atoms with van der Waals surface area (Å²) in [5.74, 6) is 0. The average Bonchev–Trinajstić information content (AvgIpc) is 2.68. The maximum atomic E-state index is 12.6. The zero-order chi connectivity index (χ0) is 20.8. The van der Waals surface area contributed by atoms with Crippen molar-refractivity contribution in [3.05, 3.63) is 60.2 Å². The van der Waals surface area contributed by atoms with Crippen molar-refractivity contribution in [2.45, 2.75) is 49.4 Å². The molecule has 0 radical (unpaired) electrons. The molecule has 2 aromatic rings. The third-order valence-corrected chi connectivity index (χ3v) is 8.21. The average molecular weight is 425 g/mol. The Bertz CT molecular complexity index is 953. The van der Waals surface area contributed by atoms with Crippen molar-refractivity contribution in [3.8, 4) is 0 Å². The van der Waals surface area contributed by atoms with Crippen LogP contribution in [0.1, 0.15) is 32.8 Å². The van der Waals surface area contributed by atoms with Crippen molar-refractivity contribution in [3.63, 3.8) is 0 Å². The summed E-state index contributed by atoms with van der Waals surface area (Å²) in [6.07, 6.45) is 1.43. The topological polar surface area (TPSA) is 83.6 Å². The normalized spacial score (nSPS) is 13.6. The van der Waals surface area contributed by atoms with Crippen molar-refractivity contribution < 1.29 is 16.8 Å². The fourth-order valence-electron chi connectivity index (χ4n) is 2.92. The van der Waals surface area contributed by atoms with E-state index in [0.717, 1.165) is 12.0 Å². The second-order valence-corrected chi connectivity index (χ2v) is 10.3. The van der Waals surface area contributed by atoms with Gasteiger partial charge in [-0.15, -0.1) is 0 Å². The van der Waals surface area contributed by atoms with Crippen LogP contribution in [0.4, 0.5) is 0 Å². The summed E-state index contributed by atoms with van der Waals surface area (Å²) in [7, 11) is -7.32. The molecule has 0 aromatic heterocycles. The van der Waals surface area contributed by atoms with E-state index in [0.29, 0.717) is 19.5 Å². The Morgan fingerprint density at radius 1 is 0.857 bits per heavy atom. The lowest BCUT2D eigenvalue weighted by atomic mass is 10.1. The van der Waals surface area contributed by atoms with Gasteiger partial charge in [-0.25, -0.2) is 21.6 Å². The highest BCUT2D eigenvalue weighted by molar-refractivity contribution is 7.89. The molecule has 6 nitrogen and oxygen atoms in total. The Morgan fingerprint density at radius 3 is 1.93 bits per heavy atom. The van der Waals surface area contributed by atoms with Crippen molar-refractivity contribution in [2.24, 2.45) is 0 Å². The number of nitrogens with zero attached hydrogens (tertiary/aromatic N) is 1. The lowest BCUT2D eigenvalue weighted by Crippen LogP contribution is -2.33. The number of nitrogens with one attached hydrogen (secondary N) is 1. The van der Waals surface area contributed by atoms with Crippen LogP contribution in [0, 0.1) is 0 Å². The van der Waals surface area contributed by atoms with Crippen LogP contribution in [0.2, 0.25) is 0 Å². The molecule has 28 heavy (non-hydrogen) atoms. The highest BCUT2D eigenvalue weighted by Gasteiger charge is 2.23. The molecule has 0 fully saturated rings. The number of sulfonamides is 2. The van der Waals surface area contributed by atoms with Crippen LogP contribution in [0.3, 0.4) is 0 Å². The van der Waals surface area contributed by atoms with Crippen LogP contribution in [0.5, 0.6) is 0 Å². The van der Waals surface area contributed by atoms with Gasteiger partial charge in [0.1, 0.15) is 0 Å². The first-order valence-electron chi connectivity index (χ1n) is 9.37. The molecule has 0 saturated heterocycles. The number of hydrogen-bond acceptors (Lipinski definition) is 4. The maximum Gasteiger partial charge on any atom is 0.243 e.